The topological polar surface area (TPSA) is 27.7 Å². The van der Waals surface area contributed by atoms with Crippen molar-refractivity contribution < 1.29 is 19.5 Å². The highest BCUT2D eigenvalue weighted by atomic mass is 17.2. The van der Waals surface area contributed by atoms with Crippen molar-refractivity contribution in [2.45, 2.75) is 20.8 Å². The third-order valence-electron chi connectivity index (χ3n) is 1.09. The minimum absolute atomic E-state index is 0.219. The van der Waals surface area contributed by atoms with Crippen LogP contribution in [0.3, 0.4) is 0 Å². The van der Waals surface area contributed by atoms with Gasteiger partial charge in [0.2, 0.25) is 0 Å². The van der Waals surface area contributed by atoms with Crippen LogP contribution in [0, 0.1) is 0 Å². The molecule has 0 saturated heterocycles. The van der Waals surface area contributed by atoms with Crippen LogP contribution in [0.1, 0.15) is 20.8 Å². The van der Waals surface area contributed by atoms with Gasteiger partial charge < -0.3 is 0 Å². The molecule has 68 valence electrons. The molecule has 0 aliphatic heterocycles. The molecule has 0 aliphatic carbocycles. The van der Waals surface area contributed by atoms with Crippen molar-refractivity contribution in [3.05, 3.63) is 0 Å². The molecule has 0 aromatic rings. The SMILES string of the molecule is CCO[N+](C)(OCC)OCC. The maximum absolute atomic E-state index is 5.20. The Labute approximate surface area is 68.1 Å². The zero-order chi connectivity index (χ0) is 8.74. The van der Waals surface area contributed by atoms with Crippen molar-refractivity contribution in [3.63, 3.8) is 0 Å². The van der Waals surface area contributed by atoms with Crippen LogP contribution in [0.5, 0.6) is 0 Å². The van der Waals surface area contributed by atoms with E-state index in [1.165, 1.54) is 0 Å². The van der Waals surface area contributed by atoms with E-state index >= 15 is 0 Å². The summed E-state index contributed by atoms with van der Waals surface area (Å²) in [5.41, 5.74) is 0. The second kappa shape index (κ2) is 5.49. The van der Waals surface area contributed by atoms with Gasteiger partial charge in [0.05, 0.1) is 4.97 Å². The molecule has 4 nitrogen and oxygen atoms in total. The highest BCUT2D eigenvalue weighted by molar-refractivity contribution is 3.98. The average molecular weight is 164 g/mol. The van der Waals surface area contributed by atoms with Gasteiger partial charge in [-0.2, -0.15) is 0 Å². The quantitative estimate of drug-likeness (QED) is 0.437. The maximum atomic E-state index is 5.20. The fourth-order valence-corrected chi connectivity index (χ4v) is 0.815. The third kappa shape index (κ3) is 4.31. The van der Waals surface area contributed by atoms with Gasteiger partial charge in [0.25, 0.3) is 0 Å². The lowest BCUT2D eigenvalue weighted by Gasteiger charge is -2.23. The second-order valence-electron chi connectivity index (χ2n) is 2.02. The highest BCUT2D eigenvalue weighted by Gasteiger charge is 2.25. The summed E-state index contributed by atoms with van der Waals surface area (Å²) in [7, 11) is 1.72. The van der Waals surface area contributed by atoms with Crippen LogP contribution in [0.2, 0.25) is 0 Å². The smallest absolute Gasteiger partial charge is 0.132 e. The van der Waals surface area contributed by atoms with E-state index in [2.05, 4.69) is 0 Å². The molecule has 0 spiro atoms. The predicted molar refractivity (Wildman–Crippen MR) is 41.1 cm³/mol. The van der Waals surface area contributed by atoms with Crippen LogP contribution in [0.4, 0.5) is 0 Å². The van der Waals surface area contributed by atoms with Crippen molar-refractivity contribution in [2.24, 2.45) is 0 Å². The average Bonchev–Trinajstić information content (AvgIpc) is 1.88. The zero-order valence-electron chi connectivity index (χ0n) is 7.79. The number of hydrogen-bond acceptors (Lipinski definition) is 3. The van der Waals surface area contributed by atoms with Crippen LogP contribution >= 0.6 is 0 Å². The fourth-order valence-electron chi connectivity index (χ4n) is 0.815. The van der Waals surface area contributed by atoms with Gasteiger partial charge in [-0.05, 0) is 20.8 Å². The molecular weight excluding hydrogens is 146 g/mol. The van der Waals surface area contributed by atoms with Gasteiger partial charge in [-0.15, -0.1) is 14.5 Å². The lowest BCUT2D eigenvalue weighted by molar-refractivity contribution is -1.36. The van der Waals surface area contributed by atoms with Gasteiger partial charge >= 0.3 is 0 Å². The van der Waals surface area contributed by atoms with E-state index in [1.807, 2.05) is 20.8 Å². The minimum Gasteiger partial charge on any atom is -0.132 e. The summed E-state index contributed by atoms with van der Waals surface area (Å²) >= 11 is 0. The van der Waals surface area contributed by atoms with Crippen LogP contribution in [0.25, 0.3) is 0 Å². The molecule has 0 fully saturated rings. The van der Waals surface area contributed by atoms with Gasteiger partial charge in [-0.3, -0.25) is 0 Å². The molecule has 0 atom stereocenters. The molecule has 0 saturated carbocycles. The molecule has 0 aromatic heterocycles. The number of nitrogens with zero attached hydrogens (tertiary/aromatic N) is 1. The van der Waals surface area contributed by atoms with Crippen molar-refractivity contribution in [1.82, 2.24) is 0 Å². The van der Waals surface area contributed by atoms with Crippen molar-refractivity contribution in [2.75, 3.05) is 26.9 Å². The molecule has 0 bridgehead atoms. The Balaban J connectivity index is 3.79. The first kappa shape index (κ1) is 10.8. The van der Waals surface area contributed by atoms with E-state index in [9.17, 15) is 0 Å². The standard InChI is InChI=1S/C7H18NO3/c1-5-9-8(4,10-6-2)11-7-3/h5-7H2,1-4H3/q+1. The third-order valence-corrected chi connectivity index (χ3v) is 1.09. The van der Waals surface area contributed by atoms with E-state index in [4.69, 9.17) is 14.5 Å². The van der Waals surface area contributed by atoms with Gasteiger partial charge in [0, 0.05) is 0 Å². The number of quaternary nitrogens is 1. The molecule has 4 heteroatoms. The minimum atomic E-state index is -0.219. The summed E-state index contributed by atoms with van der Waals surface area (Å²) < 4.78 is 0. The number of hydrogen-bond donors (Lipinski definition) is 0. The number of rotatable bonds is 6. The van der Waals surface area contributed by atoms with Gasteiger partial charge in [-0.25, -0.2) is 0 Å². The Morgan fingerprint density at radius 2 is 1.09 bits per heavy atom. The monoisotopic (exact) mass is 164 g/mol. The van der Waals surface area contributed by atoms with Gasteiger partial charge in [0.1, 0.15) is 19.8 Å². The van der Waals surface area contributed by atoms with E-state index in [1.54, 1.807) is 7.05 Å². The Morgan fingerprint density at radius 3 is 1.27 bits per heavy atom. The molecule has 0 aromatic carbocycles. The first-order chi connectivity index (χ1) is 5.18. The normalized spacial score (nSPS) is 12.0. The second-order valence-corrected chi connectivity index (χ2v) is 2.02. The lowest BCUT2D eigenvalue weighted by Crippen LogP contribution is -2.43. The Morgan fingerprint density at radius 1 is 0.818 bits per heavy atom. The summed E-state index contributed by atoms with van der Waals surface area (Å²) in [6.45, 7) is 7.39. The Hall–Kier alpha value is -0.160. The Bertz CT molecular complexity index is 80.7. The largest absolute Gasteiger partial charge is 0.168 e. The number of hydroxylamine groups is 3. The van der Waals surface area contributed by atoms with E-state index in [0.29, 0.717) is 19.8 Å². The summed E-state index contributed by atoms with van der Waals surface area (Å²) in [5.74, 6) is 0. The molecular formula is C7H18NO3+. The van der Waals surface area contributed by atoms with Crippen LogP contribution in [-0.2, 0) is 14.5 Å². The van der Waals surface area contributed by atoms with Crippen LogP contribution in [0.15, 0.2) is 0 Å². The lowest BCUT2D eigenvalue weighted by atomic mass is 10.9. The van der Waals surface area contributed by atoms with Crippen LogP contribution in [-0.4, -0.2) is 31.8 Å². The zero-order valence-corrected chi connectivity index (χ0v) is 7.79. The first-order valence-electron chi connectivity index (χ1n) is 3.98. The molecule has 0 heterocycles. The molecule has 0 N–H and O–H groups in total. The summed E-state index contributed by atoms with van der Waals surface area (Å²) in [5, 5.41) is 0. The molecule has 0 rings (SSSR count). The summed E-state index contributed by atoms with van der Waals surface area (Å²) in [6.07, 6.45) is 0. The molecule has 0 aliphatic rings. The first-order valence-corrected chi connectivity index (χ1v) is 3.98. The van der Waals surface area contributed by atoms with E-state index in [0.717, 1.165) is 0 Å². The van der Waals surface area contributed by atoms with Crippen molar-refractivity contribution in [3.8, 4) is 0 Å². The predicted octanol–water partition coefficient (Wildman–Crippen LogP) is 1.29. The summed E-state index contributed by atoms with van der Waals surface area (Å²) in [4.78, 5) is 15.4. The Kier molecular flexibility index (Phi) is 5.41. The highest BCUT2D eigenvalue weighted by Crippen LogP contribution is 2.06. The van der Waals surface area contributed by atoms with Crippen molar-refractivity contribution >= 4 is 0 Å². The van der Waals surface area contributed by atoms with Gasteiger partial charge in [-0.1, -0.05) is 0 Å². The molecule has 0 radical (unpaired) electrons. The summed E-state index contributed by atoms with van der Waals surface area (Å²) in [6, 6.07) is 0. The molecule has 0 amide bonds. The van der Waals surface area contributed by atoms with Crippen molar-refractivity contribution in [1.29, 1.82) is 0 Å². The maximum Gasteiger partial charge on any atom is 0.168 e. The van der Waals surface area contributed by atoms with E-state index < -0.39 is 0 Å². The fraction of sp³-hybridized carbons (Fsp3) is 1.00. The van der Waals surface area contributed by atoms with Gasteiger partial charge in [0.15, 0.2) is 7.05 Å². The molecule has 0 unspecified atom stereocenters. The van der Waals surface area contributed by atoms with E-state index in [-0.39, 0.29) is 4.97 Å². The van der Waals surface area contributed by atoms with Crippen LogP contribution < -0.4 is 0 Å². The molecule has 11 heavy (non-hydrogen) atoms.